The minimum absolute atomic E-state index is 0.0780. The zero-order chi connectivity index (χ0) is 18.1. The molecule has 0 spiro atoms. The van der Waals surface area contributed by atoms with Crippen LogP contribution in [0.5, 0.6) is 0 Å². The summed E-state index contributed by atoms with van der Waals surface area (Å²) in [6.45, 7) is 2.89. The Morgan fingerprint density at radius 2 is 2.12 bits per heavy atom. The van der Waals surface area contributed by atoms with Crippen molar-refractivity contribution in [3.8, 4) is 6.07 Å². The zero-order valence-corrected chi connectivity index (χ0v) is 14.3. The molecule has 2 aromatic heterocycles. The van der Waals surface area contributed by atoms with Crippen molar-refractivity contribution in [3.05, 3.63) is 45.9 Å². The van der Waals surface area contributed by atoms with Gasteiger partial charge in [-0.15, -0.1) is 0 Å². The Balaban J connectivity index is 2.37. The Morgan fingerprint density at radius 3 is 2.76 bits per heavy atom. The lowest BCUT2D eigenvalue weighted by molar-refractivity contribution is -0.147. The van der Waals surface area contributed by atoms with Crippen LogP contribution in [0, 0.1) is 11.3 Å². The Morgan fingerprint density at radius 1 is 1.40 bits per heavy atom. The fourth-order valence-corrected chi connectivity index (χ4v) is 3.66. The van der Waals surface area contributed by atoms with Crippen molar-refractivity contribution in [2.75, 3.05) is 6.61 Å². The number of para-hydroxylation sites is 1. The number of nitriles is 1. The molecule has 0 aliphatic rings. The highest BCUT2D eigenvalue weighted by Crippen LogP contribution is 2.27. The fourth-order valence-electron chi connectivity index (χ4n) is 2.63. The van der Waals surface area contributed by atoms with E-state index in [1.807, 2.05) is 12.1 Å². The number of rotatable bonds is 4. The van der Waals surface area contributed by atoms with Crippen molar-refractivity contribution in [2.45, 2.75) is 19.8 Å². The van der Waals surface area contributed by atoms with Crippen molar-refractivity contribution in [3.63, 3.8) is 0 Å². The highest BCUT2D eigenvalue weighted by atomic mass is 32.1. The summed E-state index contributed by atoms with van der Waals surface area (Å²) in [5.74, 6) is -2.74. The number of ketones is 1. The molecule has 126 valence electrons. The number of carbonyl (C=O) groups is 2. The lowest BCUT2D eigenvalue weighted by atomic mass is 9.97. The van der Waals surface area contributed by atoms with E-state index < -0.39 is 23.2 Å². The van der Waals surface area contributed by atoms with E-state index in [1.165, 1.54) is 22.7 Å². The topological polar surface area (TPSA) is 102 Å². The van der Waals surface area contributed by atoms with E-state index in [0.29, 0.717) is 10.5 Å². The first-order valence-corrected chi connectivity index (χ1v) is 8.32. The van der Waals surface area contributed by atoms with Crippen LogP contribution in [0.25, 0.3) is 15.2 Å². The van der Waals surface area contributed by atoms with Crippen LogP contribution in [-0.4, -0.2) is 27.7 Å². The maximum Gasteiger partial charge on any atom is 0.322 e. The van der Waals surface area contributed by atoms with Crippen molar-refractivity contribution in [1.82, 2.24) is 9.38 Å². The predicted octanol–water partition coefficient (Wildman–Crippen LogP) is 2.02. The maximum absolute atomic E-state index is 12.8. The number of benzene rings is 1. The van der Waals surface area contributed by atoms with Crippen molar-refractivity contribution in [1.29, 1.82) is 5.26 Å². The summed E-state index contributed by atoms with van der Waals surface area (Å²) in [4.78, 5) is 41.6. The SMILES string of the molecule is CCOC(=O)C(C(C)=O)c1nc2sc3ccccc3n2c(=O)c1C#N. The Hall–Kier alpha value is -3.05. The van der Waals surface area contributed by atoms with Gasteiger partial charge in [0.2, 0.25) is 0 Å². The van der Waals surface area contributed by atoms with Gasteiger partial charge >= 0.3 is 5.97 Å². The minimum Gasteiger partial charge on any atom is -0.465 e. The Bertz CT molecular complexity index is 1110. The number of ether oxygens (including phenoxy) is 1. The van der Waals surface area contributed by atoms with Gasteiger partial charge in [0.05, 0.1) is 22.5 Å². The van der Waals surface area contributed by atoms with Crippen LogP contribution in [0.4, 0.5) is 0 Å². The van der Waals surface area contributed by atoms with Crippen LogP contribution in [0.15, 0.2) is 29.1 Å². The summed E-state index contributed by atoms with van der Waals surface area (Å²) in [6, 6.07) is 8.97. The third-order valence-electron chi connectivity index (χ3n) is 3.70. The molecular formula is C17H13N3O4S. The zero-order valence-electron chi connectivity index (χ0n) is 13.5. The van der Waals surface area contributed by atoms with Gasteiger partial charge in [-0.3, -0.25) is 14.4 Å². The van der Waals surface area contributed by atoms with E-state index >= 15 is 0 Å². The van der Waals surface area contributed by atoms with Gasteiger partial charge in [-0.2, -0.15) is 5.26 Å². The van der Waals surface area contributed by atoms with E-state index in [9.17, 15) is 19.6 Å². The smallest absolute Gasteiger partial charge is 0.322 e. The van der Waals surface area contributed by atoms with Gasteiger partial charge < -0.3 is 4.74 Å². The largest absolute Gasteiger partial charge is 0.465 e. The molecule has 25 heavy (non-hydrogen) atoms. The molecule has 0 saturated carbocycles. The second-order valence-electron chi connectivity index (χ2n) is 5.27. The summed E-state index contributed by atoms with van der Waals surface area (Å²) >= 11 is 1.24. The fraction of sp³-hybridized carbons (Fsp3) is 0.235. The van der Waals surface area contributed by atoms with E-state index in [0.717, 1.165) is 4.70 Å². The number of hydrogen-bond acceptors (Lipinski definition) is 7. The van der Waals surface area contributed by atoms with Gasteiger partial charge in [0, 0.05) is 0 Å². The maximum atomic E-state index is 12.8. The van der Waals surface area contributed by atoms with Crippen molar-refractivity contribution >= 4 is 38.3 Å². The highest BCUT2D eigenvalue weighted by molar-refractivity contribution is 7.23. The van der Waals surface area contributed by atoms with E-state index in [-0.39, 0.29) is 17.9 Å². The second kappa shape index (κ2) is 6.45. The van der Waals surface area contributed by atoms with Crippen LogP contribution < -0.4 is 5.56 Å². The molecule has 7 nitrogen and oxygen atoms in total. The van der Waals surface area contributed by atoms with Gasteiger partial charge in [-0.1, -0.05) is 23.5 Å². The Labute approximate surface area is 146 Å². The summed E-state index contributed by atoms with van der Waals surface area (Å²) < 4.78 is 7.05. The molecule has 1 aromatic carbocycles. The van der Waals surface area contributed by atoms with E-state index in [1.54, 1.807) is 25.1 Å². The summed E-state index contributed by atoms with van der Waals surface area (Å²) in [5, 5.41) is 9.45. The number of hydrogen-bond donors (Lipinski definition) is 0. The van der Waals surface area contributed by atoms with Crippen LogP contribution in [0.1, 0.15) is 31.0 Å². The molecule has 0 bridgehead atoms. The third kappa shape index (κ3) is 2.68. The molecule has 0 aliphatic heterocycles. The first kappa shape index (κ1) is 16.8. The number of nitrogens with zero attached hydrogens (tertiary/aromatic N) is 3. The van der Waals surface area contributed by atoms with Crippen LogP contribution >= 0.6 is 11.3 Å². The van der Waals surface area contributed by atoms with E-state index in [2.05, 4.69) is 4.98 Å². The monoisotopic (exact) mass is 355 g/mol. The standard InChI is InChI=1S/C17H13N3O4S/c1-3-24-16(23)13(9(2)21)14-10(8-18)15(22)20-11-6-4-5-7-12(11)25-17(20)19-14/h4-7,13H,3H2,1-2H3. The molecule has 0 N–H and O–H groups in total. The molecule has 0 saturated heterocycles. The number of fused-ring (bicyclic) bond motifs is 3. The molecule has 3 aromatic rings. The van der Waals surface area contributed by atoms with Crippen LogP contribution in [-0.2, 0) is 14.3 Å². The van der Waals surface area contributed by atoms with Gasteiger partial charge in [0.15, 0.2) is 10.9 Å². The first-order chi connectivity index (χ1) is 12.0. The quantitative estimate of drug-likeness (QED) is 0.524. The first-order valence-electron chi connectivity index (χ1n) is 7.51. The molecule has 0 amide bonds. The summed E-state index contributed by atoms with van der Waals surface area (Å²) in [5.41, 5.74) is -0.451. The number of thiazole rings is 1. The lowest BCUT2D eigenvalue weighted by Crippen LogP contribution is -2.29. The molecule has 1 unspecified atom stereocenters. The molecule has 8 heteroatoms. The van der Waals surface area contributed by atoms with Gasteiger partial charge in [0.1, 0.15) is 17.4 Å². The number of esters is 1. The van der Waals surface area contributed by atoms with Crippen molar-refractivity contribution < 1.29 is 14.3 Å². The molecule has 0 fully saturated rings. The van der Waals surface area contributed by atoms with Crippen LogP contribution in [0.3, 0.4) is 0 Å². The van der Waals surface area contributed by atoms with Gasteiger partial charge in [0.25, 0.3) is 5.56 Å². The average molecular weight is 355 g/mol. The van der Waals surface area contributed by atoms with Gasteiger partial charge in [-0.25, -0.2) is 9.38 Å². The summed E-state index contributed by atoms with van der Waals surface area (Å²) in [6.07, 6.45) is 0. The number of aromatic nitrogens is 2. The Kier molecular flexibility index (Phi) is 4.33. The van der Waals surface area contributed by atoms with Crippen LogP contribution in [0.2, 0.25) is 0 Å². The predicted molar refractivity (Wildman–Crippen MR) is 91.6 cm³/mol. The van der Waals surface area contributed by atoms with Gasteiger partial charge in [-0.05, 0) is 26.0 Å². The van der Waals surface area contributed by atoms with E-state index in [4.69, 9.17) is 4.74 Å². The minimum atomic E-state index is -1.39. The number of carbonyl (C=O) groups excluding carboxylic acids is 2. The lowest BCUT2D eigenvalue weighted by Gasteiger charge is -2.13. The average Bonchev–Trinajstić information content (AvgIpc) is 2.93. The summed E-state index contributed by atoms with van der Waals surface area (Å²) in [7, 11) is 0. The molecule has 1 atom stereocenters. The highest BCUT2D eigenvalue weighted by Gasteiger charge is 2.33. The third-order valence-corrected chi connectivity index (χ3v) is 4.72. The van der Waals surface area contributed by atoms with Crippen molar-refractivity contribution in [2.24, 2.45) is 0 Å². The molecule has 3 rings (SSSR count). The second-order valence-corrected chi connectivity index (χ2v) is 6.28. The molecule has 0 aliphatic carbocycles. The number of Topliss-reactive ketones (excluding diaryl/α,β-unsaturated/α-hetero) is 1. The molecule has 2 heterocycles. The normalized spacial score (nSPS) is 12.0. The molecular weight excluding hydrogens is 342 g/mol. The molecule has 0 radical (unpaired) electrons.